The maximum absolute atomic E-state index is 7.82. The summed E-state index contributed by atoms with van der Waals surface area (Å²) in [5, 5.41) is 10.3. The Balaban J connectivity index is 0.000000123. The minimum atomic E-state index is -2.12. The highest BCUT2D eigenvalue weighted by molar-refractivity contribution is 6.03. The molecular formula is C116H120N4+4. The normalized spacial score (nSPS) is 17.2. The summed E-state index contributed by atoms with van der Waals surface area (Å²) in [6, 6.07) is 85.8. The SMILES string of the molecule is [2H]C([2H])([2H])c1ccc(-c2c(C)ccc3c2C(C)(C)C(C)(C)c2c-3ccc3ccccc23)[n+](C)c1.[2H]C([2H])([2H])c1ccc(-c2c(C)ccc3c2CCc2cc4ccccc4cc2-3)[n+](C)c1.[2H]C([2H])([2H])c1ccc(-c2cc3c(cc2C)C(C)(C)C(C)(C)c2c-3ccc3ccccc23)[n+](C)c1.[2H]C([2H])([2H])c1ccc(-c2cc3c(cc2C)C(C)(C)C(C)(C)c2ccc4ccccc4c2-3)[n+](C)c1. The van der Waals surface area contributed by atoms with Gasteiger partial charge in [0.1, 0.15) is 28.2 Å². The Kier molecular flexibility index (Phi) is 16.6. The van der Waals surface area contributed by atoms with Gasteiger partial charge in [-0.15, -0.1) is 0 Å². The second-order valence-corrected chi connectivity index (χ2v) is 37.8. The zero-order valence-corrected chi connectivity index (χ0v) is 73.6. The first-order chi connectivity index (χ1) is 61.9. The fourth-order valence-corrected chi connectivity index (χ4v) is 20.9. The molecule has 0 spiro atoms. The fraction of sp³-hybridized carbons (Fsp3) is 0.276. The molecule has 4 aliphatic rings. The summed E-state index contributed by atoms with van der Waals surface area (Å²) < 4.78 is 101. The second-order valence-electron chi connectivity index (χ2n) is 37.8. The first-order valence-electron chi connectivity index (χ1n) is 48.5. The van der Waals surface area contributed by atoms with Gasteiger partial charge in [0.15, 0.2) is 24.8 Å². The third kappa shape index (κ3) is 13.0. The van der Waals surface area contributed by atoms with Gasteiger partial charge in [-0.3, -0.25) is 0 Å². The van der Waals surface area contributed by atoms with Crippen molar-refractivity contribution in [3.8, 4) is 89.5 Å². The van der Waals surface area contributed by atoms with Crippen LogP contribution in [0.4, 0.5) is 0 Å². The number of pyridine rings is 4. The van der Waals surface area contributed by atoms with Gasteiger partial charge in [-0.25, -0.2) is 18.3 Å². The fourth-order valence-electron chi connectivity index (χ4n) is 20.9. The van der Waals surface area contributed by atoms with E-state index in [9.17, 15) is 0 Å². The van der Waals surface area contributed by atoms with Gasteiger partial charge < -0.3 is 0 Å². The highest BCUT2D eigenvalue weighted by Crippen LogP contribution is 2.61. The molecule has 4 heterocycles. The van der Waals surface area contributed by atoms with Crippen LogP contribution < -0.4 is 18.3 Å². The van der Waals surface area contributed by atoms with Crippen LogP contribution in [0.15, 0.2) is 267 Å². The average Bonchev–Trinajstić information content (AvgIpc) is 0.699. The van der Waals surface area contributed by atoms with Gasteiger partial charge in [-0.2, -0.15) is 0 Å². The largest absolute Gasteiger partial charge is 0.212 e. The second kappa shape index (κ2) is 29.6. The summed E-state index contributed by atoms with van der Waals surface area (Å²) in [6.45, 7) is 28.5. The lowest BCUT2D eigenvalue weighted by atomic mass is 9.53. The highest BCUT2D eigenvalue weighted by Gasteiger charge is 2.51. The van der Waals surface area contributed by atoms with Gasteiger partial charge in [0.25, 0.3) is 0 Å². The third-order valence-corrected chi connectivity index (χ3v) is 29.4. The highest BCUT2D eigenvalue weighted by atomic mass is 14.9. The van der Waals surface area contributed by atoms with Crippen LogP contribution in [0.25, 0.3) is 133 Å². The van der Waals surface area contributed by atoms with Crippen LogP contribution >= 0.6 is 0 Å². The van der Waals surface area contributed by atoms with Gasteiger partial charge >= 0.3 is 0 Å². The molecule has 0 atom stereocenters. The van der Waals surface area contributed by atoms with Crippen LogP contribution in [0, 0.1) is 55.1 Å². The Labute approximate surface area is 731 Å². The van der Waals surface area contributed by atoms with E-state index in [2.05, 4.69) is 305 Å². The summed E-state index contributed by atoms with van der Waals surface area (Å²) >= 11 is 0. The first kappa shape index (κ1) is 67.1. The molecule has 4 nitrogen and oxygen atoms in total. The molecular weight excluding hydrogens is 1450 g/mol. The Bertz CT molecular complexity index is 7350. The standard InChI is InChI=1S/3C30H32N.C26H24N/c1-19-12-17-25(31(7)18-19)26-20(2)13-15-24-23-16-14-21-10-8-9-11-22(21)27(23)29(3,4)30(5,6)28(24)26;1-19-12-15-27(31(7)18-19)23-17-24-26(16-20(23)2)30(5,6)29(3,4)25-14-13-21-10-8-9-11-22(21)28(24)25;1-19-12-15-27(31(7)18-19)24-17-25-23-14-13-21-10-8-9-11-22(21)28(23)30(5,6)29(3,4)26(25)16-20(24)2;1-17-8-13-25(27(3)16-17)26-18(2)9-11-22-23(26)12-10-21-14-19-6-4-5-7-20(19)15-24(21)22/h3*8-18H,1-7H3;4-9,11,13-16H,10,12H2,1-3H3/q4*+1/i4*1D3. The number of hydrogen-bond donors (Lipinski definition) is 0. The van der Waals surface area contributed by atoms with Crippen LogP contribution in [0.2, 0.25) is 0 Å². The number of nitrogens with zero attached hydrogens (tertiary/aromatic N) is 4. The molecule has 0 unspecified atom stereocenters. The van der Waals surface area contributed by atoms with E-state index in [4.69, 9.17) is 16.4 Å². The third-order valence-electron chi connectivity index (χ3n) is 29.4. The average molecular weight is 1580 g/mol. The quantitative estimate of drug-likeness (QED) is 0.156. The summed E-state index contributed by atoms with van der Waals surface area (Å²) in [5.41, 5.74) is 35.9. The van der Waals surface area contributed by atoms with E-state index in [1.807, 2.05) is 70.7 Å². The minimum absolute atomic E-state index is 0.0423. The van der Waals surface area contributed by atoms with Crippen molar-refractivity contribution in [1.29, 1.82) is 0 Å². The molecule has 0 N–H and O–H groups in total. The molecule has 4 heteroatoms. The van der Waals surface area contributed by atoms with Crippen molar-refractivity contribution in [3.05, 3.63) is 356 Å². The Hall–Kier alpha value is -11.7. The van der Waals surface area contributed by atoms with Gasteiger partial charge in [-0.05, 0) is 281 Å². The summed E-state index contributed by atoms with van der Waals surface area (Å²) in [4.78, 5) is 0. The summed E-state index contributed by atoms with van der Waals surface area (Å²) in [7, 11) is 7.75. The monoisotopic (exact) mass is 1580 g/mol. The lowest BCUT2D eigenvalue weighted by Crippen LogP contribution is -2.45. The molecule has 12 aromatic carbocycles. The van der Waals surface area contributed by atoms with E-state index in [1.54, 1.807) is 49.1 Å². The lowest BCUT2D eigenvalue weighted by Gasteiger charge is -2.49. The molecule has 4 aliphatic carbocycles. The molecule has 600 valence electrons. The molecule has 0 amide bonds. The number of aromatic nitrogens is 4. The van der Waals surface area contributed by atoms with Crippen molar-refractivity contribution in [2.45, 2.75) is 184 Å². The van der Waals surface area contributed by atoms with Crippen LogP contribution in [0.5, 0.6) is 0 Å². The molecule has 0 fully saturated rings. The van der Waals surface area contributed by atoms with E-state index in [-0.39, 0.29) is 32.5 Å². The molecule has 0 aliphatic heterocycles. The predicted molar refractivity (Wildman–Crippen MR) is 507 cm³/mol. The zero-order valence-electron chi connectivity index (χ0n) is 85.6. The molecule has 0 saturated carbocycles. The Morgan fingerprint density at radius 2 is 0.617 bits per heavy atom. The summed E-state index contributed by atoms with van der Waals surface area (Å²) in [6.07, 6.45) is 8.96. The molecule has 20 rings (SSSR count). The molecule has 16 aromatic rings. The Morgan fingerprint density at radius 1 is 0.250 bits per heavy atom. The number of hydrogen-bond acceptors (Lipinski definition) is 0. The van der Waals surface area contributed by atoms with Crippen molar-refractivity contribution < 1.29 is 34.7 Å². The van der Waals surface area contributed by atoms with Gasteiger partial charge in [0.05, 0.1) is 11.1 Å². The van der Waals surface area contributed by atoms with Crippen LogP contribution in [0.3, 0.4) is 0 Å². The maximum Gasteiger partial charge on any atom is 0.212 e. The number of rotatable bonds is 4. The maximum atomic E-state index is 7.82. The van der Waals surface area contributed by atoms with Gasteiger partial charge in [0, 0.05) is 90.3 Å². The van der Waals surface area contributed by atoms with Crippen LogP contribution in [0.1, 0.15) is 189 Å². The predicted octanol–water partition coefficient (Wildman–Crippen LogP) is 27.3. The minimum Gasteiger partial charge on any atom is -0.201 e. The molecule has 0 bridgehead atoms. The molecule has 4 aromatic heterocycles. The lowest BCUT2D eigenvalue weighted by molar-refractivity contribution is -0.660. The van der Waals surface area contributed by atoms with E-state index < -0.39 is 27.4 Å². The van der Waals surface area contributed by atoms with Gasteiger partial charge in [-0.1, -0.05) is 259 Å². The number of benzene rings is 12. The van der Waals surface area contributed by atoms with Crippen molar-refractivity contribution in [1.82, 2.24) is 0 Å². The number of fused-ring (bicyclic) bond motifs is 19. The zero-order chi connectivity index (χ0) is 94.9. The topological polar surface area (TPSA) is 15.5 Å². The van der Waals surface area contributed by atoms with Crippen LogP contribution in [-0.4, -0.2) is 0 Å². The van der Waals surface area contributed by atoms with E-state index in [1.165, 1.54) is 165 Å². The van der Waals surface area contributed by atoms with Crippen molar-refractivity contribution >= 4 is 43.1 Å². The van der Waals surface area contributed by atoms with Gasteiger partial charge in [0.2, 0.25) is 22.8 Å². The molecule has 0 radical (unpaired) electrons. The first-order valence-corrected chi connectivity index (χ1v) is 42.5. The van der Waals surface area contributed by atoms with E-state index in [0.717, 1.165) is 46.7 Å². The van der Waals surface area contributed by atoms with E-state index >= 15 is 0 Å². The van der Waals surface area contributed by atoms with Crippen LogP contribution in [-0.2, 0) is 73.5 Å². The van der Waals surface area contributed by atoms with Crippen molar-refractivity contribution in [3.63, 3.8) is 0 Å². The number of aryl methyl sites for hydroxylation is 13. The smallest absolute Gasteiger partial charge is 0.201 e. The van der Waals surface area contributed by atoms with Crippen molar-refractivity contribution in [2.24, 2.45) is 28.2 Å². The van der Waals surface area contributed by atoms with E-state index in [0.29, 0.717) is 22.3 Å². The van der Waals surface area contributed by atoms with Crippen molar-refractivity contribution in [2.75, 3.05) is 0 Å². The summed E-state index contributed by atoms with van der Waals surface area (Å²) in [5.74, 6) is 0. The molecule has 0 saturated heterocycles. The molecule has 120 heavy (non-hydrogen) atoms. The Morgan fingerprint density at radius 3 is 1.12 bits per heavy atom.